The van der Waals surface area contributed by atoms with Crippen LogP contribution in [0.4, 0.5) is 0 Å². The monoisotopic (exact) mass is 515 g/mol. The highest BCUT2D eigenvalue weighted by Gasteiger charge is 2.10. The summed E-state index contributed by atoms with van der Waals surface area (Å²) in [6.07, 6.45) is 0. The van der Waals surface area contributed by atoms with E-state index in [1.807, 2.05) is 66.8 Å². The molecule has 3 rings (SSSR count). The van der Waals surface area contributed by atoms with Crippen molar-refractivity contribution in [2.45, 2.75) is 61.0 Å². The van der Waals surface area contributed by atoms with E-state index in [0.29, 0.717) is 5.66 Å². The summed E-state index contributed by atoms with van der Waals surface area (Å²) in [6, 6.07) is 14.7. The summed E-state index contributed by atoms with van der Waals surface area (Å²) in [4.78, 5) is 9.23. The largest absolute Gasteiger partial charge is 0.373 e. The molecular weight excluding hydrogens is 477 g/mol. The molecular formula is C28H39ClN3PS. The molecule has 0 saturated carbocycles. The third kappa shape index (κ3) is 9.33. The summed E-state index contributed by atoms with van der Waals surface area (Å²) >= 11 is 7.81. The van der Waals surface area contributed by atoms with E-state index in [4.69, 9.17) is 16.6 Å². The molecule has 0 aliphatic carbocycles. The van der Waals surface area contributed by atoms with Gasteiger partial charge in [-0.25, -0.2) is 9.98 Å². The molecule has 0 bridgehead atoms. The first-order valence-corrected chi connectivity index (χ1v) is 13.5. The van der Waals surface area contributed by atoms with E-state index in [0.717, 1.165) is 44.0 Å². The lowest BCUT2D eigenvalue weighted by Crippen LogP contribution is -2.07. The Labute approximate surface area is 218 Å². The first kappa shape index (κ1) is 30.0. The lowest BCUT2D eigenvalue weighted by Gasteiger charge is -2.05. The van der Waals surface area contributed by atoms with E-state index in [9.17, 15) is 0 Å². The van der Waals surface area contributed by atoms with Crippen molar-refractivity contribution >= 4 is 43.5 Å². The van der Waals surface area contributed by atoms with Gasteiger partial charge >= 0.3 is 0 Å². The van der Waals surface area contributed by atoms with Crippen LogP contribution in [-0.4, -0.2) is 17.7 Å². The van der Waals surface area contributed by atoms with Crippen molar-refractivity contribution in [2.75, 3.05) is 7.05 Å². The van der Waals surface area contributed by atoms with Gasteiger partial charge in [-0.3, -0.25) is 0 Å². The molecule has 6 heteroatoms. The molecule has 2 aromatic carbocycles. The second-order valence-electron chi connectivity index (χ2n) is 7.98. The Hall–Kier alpha value is -2.00. The number of benzene rings is 2. The number of hydrogen-bond donors (Lipinski definition) is 1. The quantitative estimate of drug-likeness (QED) is 0.271. The zero-order valence-electron chi connectivity index (χ0n) is 22.0. The standard InChI is InChI=1S/C17H20ClN3S.C9H13P.C2H6/c1-10(2)20-16(19-5)12(4)17-21-15(9-22-17)13-7-6-11(3)14(18)8-13;1-7-3-5-9(6-4-7)8(2)10;1-2/h6-9,19H,1-5H3;3-6,8H,10H2,1-2H3;1-2H3/b16-12+;;. The van der Waals surface area contributed by atoms with E-state index in [2.05, 4.69) is 63.0 Å². The summed E-state index contributed by atoms with van der Waals surface area (Å²) in [5.74, 6) is 0.850. The molecule has 3 nitrogen and oxygen atoms in total. The van der Waals surface area contributed by atoms with Gasteiger partial charge in [0.15, 0.2) is 0 Å². The number of halogens is 1. The Morgan fingerprint density at radius 2 is 1.68 bits per heavy atom. The Kier molecular flexibility index (Phi) is 13.3. The van der Waals surface area contributed by atoms with Crippen LogP contribution >= 0.6 is 32.2 Å². The van der Waals surface area contributed by atoms with Gasteiger partial charge in [0.05, 0.1) is 5.69 Å². The molecule has 34 heavy (non-hydrogen) atoms. The van der Waals surface area contributed by atoms with Crippen molar-refractivity contribution in [1.29, 1.82) is 0 Å². The van der Waals surface area contributed by atoms with Gasteiger partial charge in [-0.15, -0.1) is 20.6 Å². The smallest absolute Gasteiger partial charge is 0.131 e. The summed E-state index contributed by atoms with van der Waals surface area (Å²) in [5, 5.41) is 6.91. The molecule has 0 aliphatic rings. The van der Waals surface area contributed by atoms with Crippen molar-refractivity contribution in [1.82, 2.24) is 10.3 Å². The Morgan fingerprint density at radius 1 is 1.06 bits per heavy atom. The number of nitrogens with zero attached hydrogens (tertiary/aromatic N) is 2. The highest BCUT2D eigenvalue weighted by atomic mass is 35.5. The van der Waals surface area contributed by atoms with Gasteiger partial charge < -0.3 is 5.32 Å². The molecule has 1 aromatic heterocycles. The minimum absolute atomic E-state index is 0.570. The summed E-state index contributed by atoms with van der Waals surface area (Å²) in [5.41, 5.74) is 8.37. The van der Waals surface area contributed by atoms with E-state index in [1.54, 1.807) is 11.3 Å². The van der Waals surface area contributed by atoms with Crippen molar-refractivity contribution in [3.8, 4) is 11.3 Å². The van der Waals surface area contributed by atoms with Gasteiger partial charge in [0.2, 0.25) is 0 Å². The predicted octanol–water partition coefficient (Wildman–Crippen LogP) is 9.12. The second-order valence-corrected chi connectivity index (χ2v) is 10.2. The molecule has 2 atom stereocenters. The minimum Gasteiger partial charge on any atom is -0.373 e. The van der Waals surface area contributed by atoms with Gasteiger partial charge in [-0.2, -0.15) is 0 Å². The number of allylic oxidation sites excluding steroid dienone is 1. The van der Waals surface area contributed by atoms with Crippen molar-refractivity contribution in [2.24, 2.45) is 4.99 Å². The van der Waals surface area contributed by atoms with E-state index in [1.165, 1.54) is 11.1 Å². The highest BCUT2D eigenvalue weighted by Crippen LogP contribution is 2.29. The molecule has 0 aliphatic heterocycles. The average molecular weight is 516 g/mol. The molecule has 0 amide bonds. The maximum atomic E-state index is 6.20. The molecule has 2 unspecified atom stereocenters. The van der Waals surface area contributed by atoms with Gasteiger partial charge in [-0.1, -0.05) is 74.3 Å². The van der Waals surface area contributed by atoms with Crippen LogP contribution in [0, 0.1) is 13.8 Å². The highest BCUT2D eigenvalue weighted by molar-refractivity contribution is 7.17. The Bertz CT molecular complexity index is 1100. The van der Waals surface area contributed by atoms with Crippen LogP contribution in [0.15, 0.2) is 58.7 Å². The van der Waals surface area contributed by atoms with Crippen molar-refractivity contribution in [3.63, 3.8) is 0 Å². The van der Waals surface area contributed by atoms with E-state index >= 15 is 0 Å². The second kappa shape index (κ2) is 15.1. The third-order valence-electron chi connectivity index (χ3n) is 4.82. The van der Waals surface area contributed by atoms with Crippen molar-refractivity contribution in [3.05, 3.63) is 80.4 Å². The molecule has 0 radical (unpaired) electrons. The van der Waals surface area contributed by atoms with Crippen molar-refractivity contribution < 1.29 is 0 Å². The number of aryl methyl sites for hydroxylation is 2. The molecule has 1 heterocycles. The maximum Gasteiger partial charge on any atom is 0.131 e. The molecule has 3 aromatic rings. The van der Waals surface area contributed by atoms with E-state index < -0.39 is 0 Å². The van der Waals surface area contributed by atoms with Gasteiger partial charge in [0, 0.05) is 34.3 Å². The van der Waals surface area contributed by atoms with Gasteiger partial charge in [-0.05, 0) is 57.5 Å². The summed E-state index contributed by atoms with van der Waals surface area (Å²) in [6.45, 7) is 16.3. The number of aliphatic imine (C=N–C) groups is 1. The van der Waals surface area contributed by atoms with Crippen LogP contribution in [0.3, 0.4) is 0 Å². The lowest BCUT2D eigenvalue weighted by molar-refractivity contribution is 0.964. The zero-order chi connectivity index (χ0) is 25.8. The van der Waals surface area contributed by atoms with Gasteiger partial charge in [0.1, 0.15) is 10.8 Å². The summed E-state index contributed by atoms with van der Waals surface area (Å²) < 4.78 is 0. The van der Waals surface area contributed by atoms with Gasteiger partial charge in [0.25, 0.3) is 0 Å². The van der Waals surface area contributed by atoms with Crippen LogP contribution in [0.2, 0.25) is 5.02 Å². The third-order valence-corrected chi connectivity index (χ3v) is 6.58. The van der Waals surface area contributed by atoms with Crippen LogP contribution in [0.5, 0.6) is 0 Å². The van der Waals surface area contributed by atoms with Crippen LogP contribution in [-0.2, 0) is 0 Å². The normalized spacial score (nSPS) is 11.7. The first-order chi connectivity index (χ1) is 16.1. The fourth-order valence-corrected chi connectivity index (χ4v) is 4.09. The molecule has 184 valence electrons. The topological polar surface area (TPSA) is 37.3 Å². The summed E-state index contributed by atoms with van der Waals surface area (Å²) in [7, 11) is 4.66. The molecule has 0 fully saturated rings. The zero-order valence-corrected chi connectivity index (χ0v) is 24.7. The number of rotatable bonds is 5. The lowest BCUT2D eigenvalue weighted by atomic mass is 10.1. The maximum absolute atomic E-state index is 6.20. The fourth-order valence-electron chi connectivity index (χ4n) is 2.85. The molecule has 0 saturated heterocycles. The predicted molar refractivity (Wildman–Crippen MR) is 158 cm³/mol. The number of aromatic nitrogens is 1. The average Bonchev–Trinajstić information content (AvgIpc) is 3.31. The van der Waals surface area contributed by atoms with Crippen LogP contribution in [0.25, 0.3) is 16.8 Å². The van der Waals surface area contributed by atoms with Crippen LogP contribution < -0.4 is 5.32 Å². The number of hydrogen-bond acceptors (Lipinski definition) is 4. The Morgan fingerprint density at radius 3 is 2.18 bits per heavy atom. The number of nitrogens with one attached hydrogen (secondary N) is 1. The molecule has 1 N–H and O–H groups in total. The van der Waals surface area contributed by atoms with Crippen LogP contribution in [0.1, 0.15) is 68.9 Å². The SMILES string of the molecule is CC.CN/C(N=C(C)C)=C(/C)c1nc(-c2ccc(C)c(Cl)c2)cs1.Cc1ccc(C(C)P)cc1. The first-order valence-electron chi connectivity index (χ1n) is 11.6. The Balaban J connectivity index is 0.000000402. The number of thiazole rings is 1. The fraction of sp³-hybridized carbons (Fsp3) is 0.357. The molecule has 0 spiro atoms. The minimum atomic E-state index is 0.570. The van der Waals surface area contributed by atoms with E-state index in [-0.39, 0.29) is 0 Å².